The average Bonchev–Trinajstić information content (AvgIpc) is 3.67. The zero-order valence-corrected chi connectivity index (χ0v) is 24.0. The van der Waals surface area contributed by atoms with Crippen molar-refractivity contribution in [3.63, 3.8) is 0 Å². The smallest absolute Gasteiger partial charge is 0.378 e. The molecule has 4 N–H and O–H groups in total. The zero-order chi connectivity index (χ0) is 29.4. The topological polar surface area (TPSA) is 223 Å². The van der Waals surface area contributed by atoms with Crippen molar-refractivity contribution in [2.24, 2.45) is 5.92 Å². The lowest BCUT2D eigenvalue weighted by Crippen LogP contribution is -2.49. The molecule has 41 heavy (non-hydrogen) atoms. The molecule has 2 aliphatic heterocycles. The van der Waals surface area contributed by atoms with Gasteiger partial charge in [0.15, 0.2) is 22.8 Å². The van der Waals surface area contributed by atoms with Gasteiger partial charge in [-0.2, -0.15) is 12.7 Å². The number of ether oxygens (including phenoxy) is 1. The number of anilines is 3. The van der Waals surface area contributed by atoms with Crippen LogP contribution in [0.5, 0.6) is 0 Å². The third-order valence-corrected chi connectivity index (χ3v) is 8.23. The van der Waals surface area contributed by atoms with E-state index in [0.717, 1.165) is 29.5 Å². The summed E-state index contributed by atoms with van der Waals surface area (Å²) in [7, 11) is -7.88. The maximum atomic E-state index is 12.0. The van der Waals surface area contributed by atoms with E-state index in [1.165, 1.54) is 23.4 Å². The molecule has 0 radical (unpaired) electrons. The van der Waals surface area contributed by atoms with Gasteiger partial charge in [0.2, 0.25) is 21.9 Å². The summed E-state index contributed by atoms with van der Waals surface area (Å²) in [5.74, 6) is 2.89. The van der Waals surface area contributed by atoms with E-state index >= 15 is 0 Å². The molecule has 3 fully saturated rings. The van der Waals surface area contributed by atoms with E-state index < -0.39 is 20.4 Å². The van der Waals surface area contributed by atoms with Crippen LogP contribution in [-0.2, 0) is 31.7 Å². The minimum absolute atomic E-state index is 0.197. The maximum absolute atomic E-state index is 12.0. The van der Waals surface area contributed by atoms with Gasteiger partial charge in [-0.15, -0.1) is 0 Å². The Morgan fingerprint density at radius 3 is 2.10 bits per heavy atom. The van der Waals surface area contributed by atoms with Crippen molar-refractivity contribution in [3.05, 3.63) is 12.4 Å². The minimum atomic E-state index is -4.67. The third kappa shape index (κ3) is 7.35. The maximum Gasteiger partial charge on any atom is 0.394 e. The predicted molar refractivity (Wildman–Crippen MR) is 149 cm³/mol. The first-order valence-corrected chi connectivity index (χ1v) is 16.2. The van der Waals surface area contributed by atoms with Crippen LogP contribution in [0.3, 0.4) is 0 Å². The average molecular weight is 613 g/mol. The molecule has 19 heteroatoms. The Balaban J connectivity index is 0.000000623. The van der Waals surface area contributed by atoms with Crippen molar-refractivity contribution < 1.29 is 30.7 Å². The summed E-state index contributed by atoms with van der Waals surface area (Å²) in [4.78, 5) is 27.6. The molecule has 3 aromatic rings. The minimum Gasteiger partial charge on any atom is -0.378 e. The largest absolute Gasteiger partial charge is 0.394 e. The molecule has 1 saturated carbocycles. The fourth-order valence-electron chi connectivity index (χ4n) is 4.74. The van der Waals surface area contributed by atoms with Crippen LogP contribution in [0.15, 0.2) is 12.4 Å². The lowest BCUT2D eigenvalue weighted by molar-refractivity contribution is 0.122. The van der Waals surface area contributed by atoms with Crippen molar-refractivity contribution in [3.8, 4) is 11.4 Å². The van der Waals surface area contributed by atoms with Gasteiger partial charge in [0.25, 0.3) is 0 Å². The number of imidazole rings is 1. The Morgan fingerprint density at radius 1 is 0.927 bits per heavy atom. The van der Waals surface area contributed by atoms with Crippen molar-refractivity contribution in [1.82, 2.24) is 33.8 Å². The first kappa shape index (κ1) is 29.3. The molecular weight excluding hydrogens is 580 g/mol. The number of hydrogen-bond donors (Lipinski definition) is 3. The van der Waals surface area contributed by atoms with Crippen LogP contribution in [0.25, 0.3) is 22.6 Å². The van der Waals surface area contributed by atoms with Gasteiger partial charge in [-0.1, -0.05) is 0 Å². The van der Waals surface area contributed by atoms with E-state index in [1.54, 1.807) is 12.4 Å². The van der Waals surface area contributed by atoms with Gasteiger partial charge in [0.1, 0.15) is 0 Å². The van der Waals surface area contributed by atoms with E-state index in [2.05, 4.69) is 24.3 Å². The Kier molecular flexibility index (Phi) is 8.26. The quantitative estimate of drug-likeness (QED) is 0.300. The lowest BCUT2D eigenvalue weighted by atomic mass is 10.3. The molecular formula is C22H32N10O7S2. The van der Waals surface area contributed by atoms with Crippen LogP contribution in [-0.4, -0.2) is 118 Å². The fourth-order valence-corrected chi connectivity index (χ4v) is 5.57. The van der Waals surface area contributed by atoms with E-state index in [1.807, 2.05) is 0 Å². The number of fused-ring (bicyclic) bond motifs is 1. The highest BCUT2D eigenvalue weighted by atomic mass is 32.3. The normalized spacial score (nSPS) is 18.8. The Bertz CT molecular complexity index is 1590. The summed E-state index contributed by atoms with van der Waals surface area (Å²) in [5.41, 5.74) is 7.91. The zero-order valence-electron chi connectivity index (χ0n) is 22.4. The van der Waals surface area contributed by atoms with Gasteiger partial charge < -0.3 is 20.3 Å². The van der Waals surface area contributed by atoms with Gasteiger partial charge in [-0.05, 0) is 18.8 Å². The second-order valence-corrected chi connectivity index (χ2v) is 12.9. The first-order chi connectivity index (χ1) is 19.4. The van der Waals surface area contributed by atoms with Gasteiger partial charge in [0, 0.05) is 58.2 Å². The van der Waals surface area contributed by atoms with Crippen molar-refractivity contribution >= 4 is 49.3 Å². The summed E-state index contributed by atoms with van der Waals surface area (Å²) < 4.78 is 65.0. The highest BCUT2D eigenvalue weighted by Crippen LogP contribution is 2.36. The third-order valence-electron chi connectivity index (χ3n) is 6.92. The summed E-state index contributed by atoms with van der Waals surface area (Å²) in [6, 6.07) is 0. The van der Waals surface area contributed by atoms with E-state index in [-0.39, 0.29) is 5.95 Å². The van der Waals surface area contributed by atoms with Crippen LogP contribution in [0.4, 0.5) is 17.7 Å². The number of aromatic nitrogens is 6. The van der Waals surface area contributed by atoms with Crippen molar-refractivity contribution in [2.75, 3.05) is 74.3 Å². The molecule has 5 heterocycles. The monoisotopic (exact) mass is 612 g/mol. The molecule has 0 aromatic carbocycles. The number of sulfonamides is 1. The number of rotatable bonds is 6. The number of nitrogen functional groups attached to an aromatic ring is 1. The molecule has 1 aliphatic carbocycles. The number of nitrogens with two attached hydrogens (primary N) is 1. The molecule has 6 rings (SSSR count). The fraction of sp³-hybridized carbons (Fsp3) is 0.591. The Labute approximate surface area is 237 Å². The second kappa shape index (κ2) is 11.6. The number of piperazine rings is 1. The Morgan fingerprint density at radius 2 is 1.54 bits per heavy atom. The van der Waals surface area contributed by atoms with Crippen LogP contribution in [0.2, 0.25) is 0 Å². The number of hydrogen-bond acceptors (Lipinski definition) is 13. The summed E-state index contributed by atoms with van der Waals surface area (Å²) in [5, 5.41) is 0. The van der Waals surface area contributed by atoms with E-state index in [9.17, 15) is 8.42 Å². The molecule has 0 spiro atoms. The summed E-state index contributed by atoms with van der Waals surface area (Å²) in [6.45, 7) is 5.48. The van der Waals surface area contributed by atoms with Crippen molar-refractivity contribution in [1.29, 1.82) is 0 Å². The van der Waals surface area contributed by atoms with Crippen LogP contribution < -0.4 is 15.5 Å². The lowest BCUT2D eigenvalue weighted by Gasteiger charge is -2.34. The van der Waals surface area contributed by atoms with Gasteiger partial charge in [-0.25, -0.2) is 33.3 Å². The first-order valence-electron chi connectivity index (χ1n) is 13.0. The highest BCUT2D eigenvalue weighted by Gasteiger charge is 2.32. The standard InChI is InChI=1S/C22H30N10O3S.H2O4S/c1-36(33,34)31-6-4-30(5-7-31)22-26-17-19(29-8-10-35-11-9-29)27-18(16-12-24-21(23)25-13-16)28-20(17)32(22)14-15-2-3-15;1-5(2,3)4/h12-13,15H,2-11,14H2,1H3,(H2,23,24,25);(H2,1,2,3,4). The second-order valence-electron chi connectivity index (χ2n) is 10.0. The summed E-state index contributed by atoms with van der Waals surface area (Å²) >= 11 is 0. The molecule has 3 aliphatic rings. The predicted octanol–water partition coefficient (Wildman–Crippen LogP) is -0.459. The molecule has 224 valence electrons. The molecule has 0 atom stereocenters. The van der Waals surface area contributed by atoms with Crippen LogP contribution in [0, 0.1) is 5.92 Å². The molecule has 2 saturated heterocycles. The van der Waals surface area contributed by atoms with Gasteiger partial charge in [0.05, 0.1) is 25.0 Å². The van der Waals surface area contributed by atoms with Crippen LogP contribution in [0.1, 0.15) is 12.8 Å². The van der Waals surface area contributed by atoms with Crippen molar-refractivity contribution in [2.45, 2.75) is 19.4 Å². The Hall–Kier alpha value is -3.23. The van der Waals surface area contributed by atoms with E-state index in [0.29, 0.717) is 69.8 Å². The molecule has 17 nitrogen and oxygen atoms in total. The molecule has 0 amide bonds. The molecule has 3 aromatic heterocycles. The number of nitrogens with zero attached hydrogens (tertiary/aromatic N) is 9. The SMILES string of the molecule is CS(=O)(=O)N1CCN(c2nc3c(N4CCOCC4)nc(-c4cnc(N)nc4)nc3n2CC2CC2)CC1.O=S(=O)(O)O. The van der Waals surface area contributed by atoms with Gasteiger partial charge in [-0.3, -0.25) is 13.7 Å². The van der Waals surface area contributed by atoms with Gasteiger partial charge >= 0.3 is 10.4 Å². The highest BCUT2D eigenvalue weighted by molar-refractivity contribution is 7.88. The molecule has 0 bridgehead atoms. The van der Waals surface area contributed by atoms with Crippen LogP contribution >= 0.6 is 0 Å². The summed E-state index contributed by atoms with van der Waals surface area (Å²) in [6.07, 6.45) is 6.90. The van der Waals surface area contributed by atoms with E-state index in [4.69, 9.17) is 42.9 Å². The number of morpholine rings is 1. The molecule has 0 unspecified atom stereocenters.